The highest BCUT2D eigenvalue weighted by Crippen LogP contribution is 2.27. The van der Waals surface area contributed by atoms with Crippen molar-refractivity contribution in [3.8, 4) is 11.5 Å². The Balaban J connectivity index is 1.41. The number of hydrogen-bond acceptors (Lipinski definition) is 4. The van der Waals surface area contributed by atoms with E-state index in [1.54, 1.807) is 7.11 Å². The molecule has 1 fully saturated rings. The topological polar surface area (TPSA) is 47.7 Å². The summed E-state index contributed by atoms with van der Waals surface area (Å²) in [5.41, 5.74) is 11.8. The van der Waals surface area contributed by atoms with E-state index >= 15 is 0 Å². The first-order valence-corrected chi connectivity index (χ1v) is 10.6. The molecule has 156 valence electrons. The zero-order chi connectivity index (χ0) is 20.8. The van der Waals surface area contributed by atoms with Crippen LogP contribution in [0.1, 0.15) is 35.1 Å². The zero-order valence-corrected chi connectivity index (χ0v) is 17.6. The Labute approximate surface area is 179 Å². The van der Waals surface area contributed by atoms with Gasteiger partial charge < -0.3 is 15.2 Å². The van der Waals surface area contributed by atoms with Gasteiger partial charge in [0.25, 0.3) is 0 Å². The third-order valence-corrected chi connectivity index (χ3v) is 5.70. The summed E-state index contributed by atoms with van der Waals surface area (Å²) in [4.78, 5) is 2.49. The number of nitrogen functional groups attached to an aromatic ring is 1. The molecule has 1 saturated heterocycles. The molecule has 0 aromatic heterocycles. The molecule has 0 bridgehead atoms. The number of nitrogens with two attached hydrogens (primary N) is 1. The molecule has 1 aliphatic rings. The first kappa shape index (κ1) is 20.3. The lowest BCUT2D eigenvalue weighted by Crippen LogP contribution is -2.18. The monoisotopic (exact) mass is 402 g/mol. The molecule has 4 nitrogen and oxygen atoms in total. The number of methoxy groups -OCH3 is 1. The van der Waals surface area contributed by atoms with Gasteiger partial charge >= 0.3 is 0 Å². The molecule has 30 heavy (non-hydrogen) atoms. The van der Waals surface area contributed by atoms with Crippen LogP contribution in [-0.2, 0) is 19.6 Å². The summed E-state index contributed by atoms with van der Waals surface area (Å²) in [6.07, 6.45) is 3.36. The van der Waals surface area contributed by atoms with Crippen LogP contribution < -0.4 is 15.2 Å². The van der Waals surface area contributed by atoms with Gasteiger partial charge in [-0.05, 0) is 61.2 Å². The number of ether oxygens (including phenoxy) is 2. The van der Waals surface area contributed by atoms with Crippen LogP contribution in [0.15, 0.2) is 66.7 Å². The van der Waals surface area contributed by atoms with Crippen molar-refractivity contribution in [3.05, 3.63) is 89.0 Å². The summed E-state index contributed by atoms with van der Waals surface area (Å²) in [6.45, 7) is 3.86. The van der Waals surface area contributed by atoms with Crippen LogP contribution in [-0.4, -0.2) is 25.1 Å². The predicted molar refractivity (Wildman–Crippen MR) is 122 cm³/mol. The van der Waals surface area contributed by atoms with E-state index in [0.717, 1.165) is 41.3 Å². The Morgan fingerprint density at radius 2 is 1.63 bits per heavy atom. The van der Waals surface area contributed by atoms with Crippen molar-refractivity contribution in [2.24, 2.45) is 0 Å². The summed E-state index contributed by atoms with van der Waals surface area (Å²) >= 11 is 0. The second kappa shape index (κ2) is 9.68. The van der Waals surface area contributed by atoms with Crippen molar-refractivity contribution < 1.29 is 9.47 Å². The van der Waals surface area contributed by atoms with E-state index in [1.165, 1.54) is 37.1 Å². The average Bonchev–Trinajstić information content (AvgIpc) is 3.29. The highest BCUT2D eigenvalue weighted by atomic mass is 16.5. The van der Waals surface area contributed by atoms with Gasteiger partial charge in [0.1, 0.15) is 18.1 Å². The quantitative estimate of drug-likeness (QED) is 0.536. The van der Waals surface area contributed by atoms with Crippen LogP contribution in [0, 0.1) is 0 Å². The maximum Gasteiger partial charge on any atom is 0.123 e. The van der Waals surface area contributed by atoms with Gasteiger partial charge in [-0.25, -0.2) is 0 Å². The van der Waals surface area contributed by atoms with Gasteiger partial charge in [0.05, 0.1) is 7.11 Å². The first-order chi connectivity index (χ1) is 14.7. The maximum atomic E-state index is 6.33. The standard InChI is InChI=1S/C26H30N2O2/c1-29-26-16-21(9-10-23(26)18-28-13-5-6-14-28)15-22-11-12-24(17-25(22)27)30-19-20-7-3-2-4-8-20/h2-4,7-12,16-17H,5-6,13-15,18-19,27H2,1H3. The minimum Gasteiger partial charge on any atom is -0.496 e. The van der Waals surface area contributed by atoms with E-state index in [2.05, 4.69) is 41.3 Å². The van der Waals surface area contributed by atoms with E-state index in [0.29, 0.717) is 6.61 Å². The molecule has 0 aliphatic carbocycles. The third kappa shape index (κ3) is 5.14. The van der Waals surface area contributed by atoms with Crippen molar-refractivity contribution in [1.29, 1.82) is 0 Å². The minimum atomic E-state index is 0.537. The molecular weight excluding hydrogens is 372 g/mol. The third-order valence-electron chi connectivity index (χ3n) is 5.70. The molecule has 3 aromatic rings. The van der Waals surface area contributed by atoms with E-state index in [1.807, 2.05) is 30.3 Å². The Morgan fingerprint density at radius 1 is 0.867 bits per heavy atom. The minimum absolute atomic E-state index is 0.537. The molecule has 0 amide bonds. The maximum absolute atomic E-state index is 6.33. The molecule has 0 atom stereocenters. The van der Waals surface area contributed by atoms with Crippen LogP contribution >= 0.6 is 0 Å². The summed E-state index contributed by atoms with van der Waals surface area (Å²) in [5, 5.41) is 0. The summed E-state index contributed by atoms with van der Waals surface area (Å²) in [7, 11) is 1.75. The molecule has 1 heterocycles. The predicted octanol–water partition coefficient (Wildman–Crippen LogP) is 5.04. The van der Waals surface area contributed by atoms with Crippen LogP contribution in [0.2, 0.25) is 0 Å². The zero-order valence-electron chi connectivity index (χ0n) is 17.6. The molecule has 0 spiro atoms. The van der Waals surface area contributed by atoms with E-state index < -0.39 is 0 Å². The van der Waals surface area contributed by atoms with Crippen molar-refractivity contribution in [2.45, 2.75) is 32.4 Å². The fraction of sp³-hybridized carbons (Fsp3) is 0.308. The summed E-state index contributed by atoms with van der Waals surface area (Å²) in [5.74, 6) is 1.75. The van der Waals surface area contributed by atoms with Crippen molar-refractivity contribution in [3.63, 3.8) is 0 Å². The molecule has 2 N–H and O–H groups in total. The normalized spacial score (nSPS) is 14.0. The fourth-order valence-corrected chi connectivity index (χ4v) is 4.00. The number of benzene rings is 3. The highest BCUT2D eigenvalue weighted by Gasteiger charge is 2.15. The van der Waals surface area contributed by atoms with Gasteiger partial charge in [-0.15, -0.1) is 0 Å². The number of hydrogen-bond donors (Lipinski definition) is 1. The Morgan fingerprint density at radius 3 is 2.37 bits per heavy atom. The van der Waals surface area contributed by atoms with Crippen LogP contribution in [0.25, 0.3) is 0 Å². The van der Waals surface area contributed by atoms with Crippen LogP contribution in [0.3, 0.4) is 0 Å². The second-order valence-corrected chi connectivity index (χ2v) is 7.94. The van der Waals surface area contributed by atoms with E-state index in [9.17, 15) is 0 Å². The van der Waals surface area contributed by atoms with Gasteiger partial charge in [0.15, 0.2) is 0 Å². The SMILES string of the molecule is COc1cc(Cc2ccc(OCc3ccccc3)cc2N)ccc1CN1CCCC1. The van der Waals surface area contributed by atoms with Crippen LogP contribution in [0.4, 0.5) is 5.69 Å². The number of rotatable bonds is 8. The average molecular weight is 403 g/mol. The molecule has 4 rings (SSSR count). The van der Waals surface area contributed by atoms with Gasteiger partial charge in [0, 0.05) is 23.9 Å². The molecular formula is C26H30N2O2. The smallest absolute Gasteiger partial charge is 0.123 e. The van der Waals surface area contributed by atoms with Crippen molar-refractivity contribution >= 4 is 5.69 Å². The highest BCUT2D eigenvalue weighted by molar-refractivity contribution is 5.53. The lowest BCUT2D eigenvalue weighted by Gasteiger charge is -2.18. The molecule has 3 aromatic carbocycles. The van der Waals surface area contributed by atoms with Crippen molar-refractivity contribution in [2.75, 3.05) is 25.9 Å². The number of anilines is 1. The van der Waals surface area contributed by atoms with Crippen LogP contribution in [0.5, 0.6) is 11.5 Å². The van der Waals surface area contributed by atoms with Gasteiger partial charge in [-0.3, -0.25) is 4.90 Å². The second-order valence-electron chi connectivity index (χ2n) is 7.94. The molecule has 1 aliphatic heterocycles. The van der Waals surface area contributed by atoms with E-state index in [4.69, 9.17) is 15.2 Å². The van der Waals surface area contributed by atoms with Gasteiger partial charge in [-0.2, -0.15) is 0 Å². The molecule has 0 radical (unpaired) electrons. The summed E-state index contributed by atoms with van der Waals surface area (Å²) in [6, 6.07) is 22.6. The molecule has 0 saturated carbocycles. The Kier molecular flexibility index (Phi) is 6.55. The van der Waals surface area contributed by atoms with Crippen molar-refractivity contribution in [1.82, 2.24) is 4.90 Å². The molecule has 4 heteroatoms. The van der Waals surface area contributed by atoms with E-state index in [-0.39, 0.29) is 0 Å². The summed E-state index contributed by atoms with van der Waals surface area (Å²) < 4.78 is 11.6. The largest absolute Gasteiger partial charge is 0.496 e. The molecule has 0 unspecified atom stereocenters. The Hall–Kier alpha value is -2.98. The van der Waals surface area contributed by atoms with Gasteiger partial charge in [0.2, 0.25) is 0 Å². The Bertz CT molecular complexity index is 966. The number of likely N-dealkylation sites (tertiary alicyclic amines) is 1. The number of nitrogens with zero attached hydrogens (tertiary/aromatic N) is 1. The van der Waals surface area contributed by atoms with Gasteiger partial charge in [-0.1, -0.05) is 48.5 Å². The lowest BCUT2D eigenvalue weighted by atomic mass is 10.0. The lowest BCUT2D eigenvalue weighted by molar-refractivity contribution is 0.306. The fourth-order valence-electron chi connectivity index (χ4n) is 4.00. The first-order valence-electron chi connectivity index (χ1n) is 10.6.